The van der Waals surface area contributed by atoms with Crippen molar-refractivity contribution >= 4 is 29.1 Å². The summed E-state index contributed by atoms with van der Waals surface area (Å²) in [6.45, 7) is 2.94. The second kappa shape index (κ2) is 4.96. The third kappa shape index (κ3) is 2.93. The Bertz CT molecular complexity index is 348. The molecule has 0 aromatic carbocycles. The monoisotopic (exact) mass is 244 g/mol. The highest BCUT2D eigenvalue weighted by molar-refractivity contribution is 7.99. The van der Waals surface area contributed by atoms with E-state index >= 15 is 0 Å². The number of hydrogen-bond acceptors (Lipinski definition) is 5. The Morgan fingerprint density at radius 2 is 2.27 bits per heavy atom. The Balaban J connectivity index is 1.94. The second-order valence-corrected chi connectivity index (χ2v) is 5.49. The quantitative estimate of drug-likeness (QED) is 0.871. The predicted octanol–water partition coefficient (Wildman–Crippen LogP) is 1.39. The average molecular weight is 244 g/mol. The van der Waals surface area contributed by atoms with E-state index in [9.17, 15) is 4.79 Å². The molecule has 1 fully saturated rings. The van der Waals surface area contributed by atoms with E-state index in [-0.39, 0.29) is 5.69 Å². The third-order valence-corrected chi connectivity index (χ3v) is 4.01. The maximum Gasteiger partial charge on any atom is 0.355 e. The maximum absolute atomic E-state index is 10.6. The second-order valence-electron chi connectivity index (χ2n) is 3.32. The summed E-state index contributed by atoms with van der Waals surface area (Å²) in [5.74, 6) is 1.39. The van der Waals surface area contributed by atoms with Gasteiger partial charge in [-0.15, -0.1) is 11.3 Å². The molecule has 1 saturated heterocycles. The molecule has 2 rings (SSSR count). The van der Waals surface area contributed by atoms with E-state index < -0.39 is 5.97 Å². The Morgan fingerprint density at radius 3 is 2.87 bits per heavy atom. The minimum Gasteiger partial charge on any atom is -0.476 e. The topological polar surface area (TPSA) is 53.4 Å². The van der Waals surface area contributed by atoms with Crippen molar-refractivity contribution in [2.24, 2.45) is 0 Å². The molecule has 4 nitrogen and oxygen atoms in total. The van der Waals surface area contributed by atoms with Crippen LogP contribution in [-0.2, 0) is 6.54 Å². The molecule has 2 heterocycles. The van der Waals surface area contributed by atoms with Crippen molar-refractivity contribution in [2.45, 2.75) is 6.54 Å². The van der Waals surface area contributed by atoms with E-state index in [1.807, 2.05) is 11.8 Å². The van der Waals surface area contributed by atoms with Crippen LogP contribution in [-0.4, -0.2) is 45.6 Å². The van der Waals surface area contributed by atoms with E-state index in [1.54, 1.807) is 5.38 Å². The lowest BCUT2D eigenvalue weighted by atomic mass is 10.4. The van der Waals surface area contributed by atoms with Crippen molar-refractivity contribution in [3.63, 3.8) is 0 Å². The van der Waals surface area contributed by atoms with Crippen LogP contribution in [0.3, 0.4) is 0 Å². The molecule has 15 heavy (non-hydrogen) atoms. The Morgan fingerprint density at radius 1 is 1.53 bits per heavy atom. The van der Waals surface area contributed by atoms with E-state index in [2.05, 4.69) is 9.88 Å². The van der Waals surface area contributed by atoms with Crippen LogP contribution in [0.25, 0.3) is 0 Å². The number of thiazole rings is 1. The highest BCUT2D eigenvalue weighted by atomic mass is 32.2. The van der Waals surface area contributed by atoms with E-state index in [0.29, 0.717) is 0 Å². The van der Waals surface area contributed by atoms with Crippen LogP contribution in [0.15, 0.2) is 5.38 Å². The van der Waals surface area contributed by atoms with Crippen LogP contribution in [0, 0.1) is 0 Å². The van der Waals surface area contributed by atoms with E-state index in [4.69, 9.17) is 5.11 Å². The number of carbonyl (C=O) groups is 1. The number of nitrogens with zero attached hydrogens (tertiary/aromatic N) is 2. The highest BCUT2D eigenvalue weighted by Crippen LogP contribution is 2.16. The van der Waals surface area contributed by atoms with Gasteiger partial charge in [0.1, 0.15) is 5.01 Å². The van der Waals surface area contributed by atoms with Crippen molar-refractivity contribution in [3.05, 3.63) is 16.1 Å². The fourth-order valence-electron chi connectivity index (χ4n) is 1.43. The highest BCUT2D eigenvalue weighted by Gasteiger charge is 2.14. The van der Waals surface area contributed by atoms with Gasteiger partial charge in [0, 0.05) is 30.0 Å². The van der Waals surface area contributed by atoms with Gasteiger partial charge in [0.2, 0.25) is 0 Å². The van der Waals surface area contributed by atoms with Gasteiger partial charge in [-0.1, -0.05) is 0 Å². The average Bonchev–Trinajstić information content (AvgIpc) is 2.68. The Hall–Kier alpha value is -0.590. The summed E-state index contributed by atoms with van der Waals surface area (Å²) in [7, 11) is 0. The number of hydrogen-bond donors (Lipinski definition) is 1. The molecule has 0 radical (unpaired) electrons. The molecule has 0 bridgehead atoms. The molecule has 1 aliphatic rings. The largest absolute Gasteiger partial charge is 0.476 e. The molecule has 82 valence electrons. The lowest BCUT2D eigenvalue weighted by Gasteiger charge is -2.24. The van der Waals surface area contributed by atoms with Gasteiger partial charge in [0.15, 0.2) is 5.69 Å². The normalized spacial score (nSPS) is 17.9. The molecular formula is C9H12N2O2S2. The zero-order valence-electron chi connectivity index (χ0n) is 8.18. The molecule has 1 aromatic rings. The van der Waals surface area contributed by atoms with E-state index in [0.717, 1.165) is 36.1 Å². The predicted molar refractivity (Wildman–Crippen MR) is 61.7 cm³/mol. The minimum absolute atomic E-state index is 0.168. The van der Waals surface area contributed by atoms with Gasteiger partial charge >= 0.3 is 5.97 Å². The molecule has 0 aliphatic carbocycles. The summed E-state index contributed by atoms with van der Waals surface area (Å²) in [6, 6.07) is 0. The van der Waals surface area contributed by atoms with Crippen LogP contribution >= 0.6 is 23.1 Å². The molecule has 0 spiro atoms. The molecular weight excluding hydrogens is 232 g/mol. The van der Waals surface area contributed by atoms with Gasteiger partial charge in [-0.05, 0) is 0 Å². The van der Waals surface area contributed by atoms with Crippen molar-refractivity contribution in [1.82, 2.24) is 9.88 Å². The summed E-state index contributed by atoms with van der Waals surface area (Å²) >= 11 is 3.40. The summed E-state index contributed by atoms with van der Waals surface area (Å²) in [6.07, 6.45) is 0. The maximum atomic E-state index is 10.6. The summed E-state index contributed by atoms with van der Waals surface area (Å²) in [5, 5.41) is 11.2. The molecule has 1 N–H and O–H groups in total. The first kappa shape index (κ1) is 10.9. The van der Waals surface area contributed by atoms with Crippen molar-refractivity contribution in [2.75, 3.05) is 24.6 Å². The fraction of sp³-hybridized carbons (Fsp3) is 0.556. The van der Waals surface area contributed by atoms with Gasteiger partial charge in [-0.2, -0.15) is 11.8 Å². The molecule has 0 atom stereocenters. The number of aromatic nitrogens is 1. The molecule has 1 aliphatic heterocycles. The Labute approximate surface area is 96.3 Å². The SMILES string of the molecule is O=C(O)c1csc(CN2CCSCC2)n1. The fourth-order valence-corrected chi connectivity index (χ4v) is 3.22. The molecule has 0 amide bonds. The van der Waals surface area contributed by atoms with Crippen LogP contribution in [0.4, 0.5) is 0 Å². The summed E-state index contributed by atoms with van der Waals surface area (Å²) in [5.41, 5.74) is 0.168. The van der Waals surface area contributed by atoms with Crippen LogP contribution in [0.2, 0.25) is 0 Å². The lowest BCUT2D eigenvalue weighted by molar-refractivity contribution is 0.0691. The minimum atomic E-state index is -0.938. The van der Waals surface area contributed by atoms with Crippen LogP contribution in [0.1, 0.15) is 15.5 Å². The number of rotatable bonds is 3. The molecule has 1 aromatic heterocycles. The number of thioether (sulfide) groups is 1. The molecule has 0 unspecified atom stereocenters. The first-order valence-corrected chi connectivity index (χ1v) is 6.77. The van der Waals surface area contributed by atoms with Crippen molar-refractivity contribution in [1.29, 1.82) is 0 Å². The first-order chi connectivity index (χ1) is 7.25. The van der Waals surface area contributed by atoms with Gasteiger partial charge in [0.05, 0.1) is 6.54 Å². The summed E-state index contributed by atoms with van der Waals surface area (Å²) in [4.78, 5) is 17.0. The molecule has 6 heteroatoms. The van der Waals surface area contributed by atoms with Gasteiger partial charge in [-0.25, -0.2) is 9.78 Å². The third-order valence-electron chi connectivity index (χ3n) is 2.23. The molecule has 0 saturated carbocycles. The van der Waals surface area contributed by atoms with E-state index in [1.165, 1.54) is 11.3 Å². The smallest absolute Gasteiger partial charge is 0.355 e. The summed E-state index contributed by atoms with van der Waals surface area (Å²) < 4.78 is 0. The van der Waals surface area contributed by atoms with Crippen LogP contribution in [0.5, 0.6) is 0 Å². The van der Waals surface area contributed by atoms with Gasteiger partial charge in [-0.3, -0.25) is 4.90 Å². The lowest BCUT2D eigenvalue weighted by Crippen LogP contribution is -2.31. The van der Waals surface area contributed by atoms with Gasteiger partial charge in [0.25, 0.3) is 0 Å². The zero-order valence-corrected chi connectivity index (χ0v) is 9.81. The first-order valence-electron chi connectivity index (χ1n) is 4.73. The van der Waals surface area contributed by atoms with Gasteiger partial charge < -0.3 is 5.11 Å². The number of carboxylic acids is 1. The standard InChI is InChI=1S/C9H12N2O2S2/c12-9(13)7-6-15-8(10-7)5-11-1-3-14-4-2-11/h6H,1-5H2,(H,12,13). The number of aromatic carboxylic acids is 1. The van der Waals surface area contributed by atoms with Crippen molar-refractivity contribution < 1.29 is 9.90 Å². The van der Waals surface area contributed by atoms with Crippen LogP contribution < -0.4 is 0 Å². The Kier molecular flexibility index (Phi) is 3.61. The zero-order chi connectivity index (χ0) is 10.7. The number of carboxylic acid groups (broad SMARTS) is 1. The van der Waals surface area contributed by atoms with Crippen molar-refractivity contribution in [3.8, 4) is 0 Å².